The highest BCUT2D eigenvalue weighted by Crippen LogP contribution is 2.46. The topological polar surface area (TPSA) is 290 Å². The van der Waals surface area contributed by atoms with Crippen LogP contribution in [0.15, 0.2) is 256 Å². The van der Waals surface area contributed by atoms with Crippen LogP contribution >= 0.6 is 0 Å². The number of hydrogen-bond donors (Lipinski definition) is 2. The van der Waals surface area contributed by atoms with Gasteiger partial charge in [-0.15, -0.1) is 0 Å². The van der Waals surface area contributed by atoms with Crippen molar-refractivity contribution < 1.29 is 58.2 Å². The number of esters is 5. The number of hydrogen-bond acceptors (Lipinski definition) is 15. The van der Waals surface area contributed by atoms with E-state index in [1.807, 2.05) is 208 Å². The summed E-state index contributed by atoms with van der Waals surface area (Å²) in [5.74, 6) is 0.115. The van der Waals surface area contributed by atoms with Crippen LogP contribution in [0, 0.1) is 34.0 Å². The minimum absolute atomic E-state index is 0. The van der Waals surface area contributed by atoms with Crippen LogP contribution < -0.4 is 15.6 Å². The van der Waals surface area contributed by atoms with Crippen LogP contribution in [0.2, 0.25) is 0 Å². The molecule has 0 bridgehead atoms. The Balaban J connectivity index is 0.000000413. The number of carbonyl (C=O) groups is 5. The van der Waals surface area contributed by atoms with Crippen molar-refractivity contribution in [3.8, 4) is 35.5 Å². The van der Waals surface area contributed by atoms with Crippen molar-refractivity contribution in [3.05, 3.63) is 323 Å². The van der Waals surface area contributed by atoms with Crippen LogP contribution in [0.25, 0.3) is 18.2 Å². The molecule has 16 heteroatoms. The highest BCUT2D eigenvalue weighted by molar-refractivity contribution is 5.72. The van der Waals surface area contributed by atoms with Crippen LogP contribution in [0.1, 0.15) is 262 Å². The van der Waals surface area contributed by atoms with Crippen LogP contribution in [0.3, 0.4) is 0 Å². The fourth-order valence-corrected chi connectivity index (χ4v) is 13.2. The van der Waals surface area contributed by atoms with Crippen LogP contribution in [-0.2, 0) is 38.2 Å². The Morgan fingerprint density at radius 2 is 0.573 bits per heavy atom. The molecular weight excluding hydrogens is 1460 g/mol. The largest absolute Gasteiger partial charge is 0.508 e. The van der Waals surface area contributed by atoms with Crippen LogP contribution in [-0.4, -0.2) is 57.2 Å². The first-order chi connectivity index (χ1) is 54.6. The molecule has 6 N–H and O–H groups in total. The Morgan fingerprint density at radius 3 is 0.821 bits per heavy atom. The zero-order valence-corrected chi connectivity index (χ0v) is 70.9. The molecule has 0 aliphatic heterocycles. The SMILES string of the molecule is C=Cc1ccc(C(C#N)CCC(=O)OC(C)(C)C)cc1.C=Cc1ccc(OC(C)=O)cc1.C=Cc1ccccc1.CC(=O)Oc1ccc(C(C)C(c2ccccc2)C(C)c2ccc(C(C#N)CCC(=O)OC(C)(C)C)cc2)cc1.CC(c1ccc(O)cc1)C(c1ccccc1)C(C)c1ccc(C(C#N)CCC(=O)OC(C)(C)C)cc1.N.O. The van der Waals surface area contributed by atoms with E-state index in [1.54, 1.807) is 36.4 Å². The van der Waals surface area contributed by atoms with Crippen LogP contribution in [0.4, 0.5) is 0 Å². The fourth-order valence-electron chi connectivity index (χ4n) is 13.2. The summed E-state index contributed by atoms with van der Waals surface area (Å²) in [6.07, 6.45) is 7.32. The fraction of sp³-hybridized carbons (Fsp3) is 0.327. The molecule has 616 valence electrons. The normalized spacial score (nSPS) is 13.0. The van der Waals surface area contributed by atoms with E-state index in [0.717, 1.165) is 33.4 Å². The molecule has 0 aliphatic rings. The van der Waals surface area contributed by atoms with E-state index in [9.17, 15) is 44.9 Å². The molecule has 0 heterocycles. The molecular formula is C101H120N4O12. The van der Waals surface area contributed by atoms with Crippen LogP contribution in [0.5, 0.6) is 17.2 Å². The molecule has 9 aromatic rings. The van der Waals surface area contributed by atoms with E-state index in [4.69, 9.17) is 23.7 Å². The van der Waals surface area contributed by atoms with Crippen molar-refractivity contribution in [3.63, 3.8) is 0 Å². The summed E-state index contributed by atoms with van der Waals surface area (Å²) in [6.45, 7) is 39.2. The predicted octanol–water partition coefficient (Wildman–Crippen LogP) is 23.8. The summed E-state index contributed by atoms with van der Waals surface area (Å²) in [5, 5.41) is 38.5. The van der Waals surface area contributed by atoms with E-state index in [-0.39, 0.29) is 120 Å². The van der Waals surface area contributed by atoms with Gasteiger partial charge in [-0.1, -0.05) is 266 Å². The molecule has 0 radical (unpaired) electrons. The maximum atomic E-state index is 12.2. The Kier molecular flexibility index (Phi) is 41.9. The van der Waals surface area contributed by atoms with E-state index >= 15 is 0 Å². The zero-order chi connectivity index (χ0) is 84.8. The minimum atomic E-state index is -0.534. The van der Waals surface area contributed by atoms with Gasteiger partial charge in [-0.3, -0.25) is 24.0 Å². The number of carbonyl (C=O) groups excluding carboxylic acids is 5. The summed E-state index contributed by atoms with van der Waals surface area (Å²) in [4.78, 5) is 57.8. The average molecular weight is 1580 g/mol. The molecule has 9 unspecified atom stereocenters. The van der Waals surface area contributed by atoms with Crippen molar-refractivity contribution in [1.29, 1.82) is 15.8 Å². The van der Waals surface area contributed by atoms with Gasteiger partial charge in [0.15, 0.2) is 0 Å². The summed E-state index contributed by atoms with van der Waals surface area (Å²) >= 11 is 0. The number of ether oxygens (including phenoxy) is 5. The third-order valence-electron chi connectivity index (χ3n) is 19.0. The Morgan fingerprint density at radius 1 is 0.350 bits per heavy atom. The van der Waals surface area contributed by atoms with Crippen molar-refractivity contribution in [2.45, 2.75) is 212 Å². The molecule has 0 saturated carbocycles. The molecule has 0 spiro atoms. The number of phenols is 1. The molecule has 0 saturated heterocycles. The van der Waals surface area contributed by atoms with Gasteiger partial charge >= 0.3 is 29.8 Å². The monoisotopic (exact) mass is 1580 g/mol. The average Bonchev–Trinajstić information content (AvgIpc) is 0.805. The molecule has 0 fully saturated rings. The maximum absolute atomic E-state index is 12.2. The molecule has 9 atom stereocenters. The first-order valence-electron chi connectivity index (χ1n) is 39.1. The van der Waals surface area contributed by atoms with Crippen molar-refractivity contribution in [2.24, 2.45) is 0 Å². The number of nitrogens with zero attached hydrogens (tertiary/aromatic N) is 3. The third kappa shape index (κ3) is 35.6. The lowest BCUT2D eigenvalue weighted by Gasteiger charge is -2.31. The van der Waals surface area contributed by atoms with Gasteiger partial charge in [-0.2, -0.15) is 15.8 Å². The molecule has 117 heavy (non-hydrogen) atoms. The molecule has 9 aromatic carbocycles. The molecule has 9 rings (SSSR count). The summed E-state index contributed by atoms with van der Waals surface area (Å²) in [5.41, 5.74) is 11.6. The summed E-state index contributed by atoms with van der Waals surface area (Å²) in [7, 11) is 0. The van der Waals surface area contributed by atoms with Gasteiger partial charge in [0.05, 0.1) is 36.0 Å². The first-order valence-corrected chi connectivity index (χ1v) is 39.1. The van der Waals surface area contributed by atoms with Crippen molar-refractivity contribution in [2.75, 3.05) is 0 Å². The van der Waals surface area contributed by atoms with Gasteiger partial charge in [0, 0.05) is 33.1 Å². The quantitative estimate of drug-likeness (QED) is 0.0275. The van der Waals surface area contributed by atoms with E-state index in [1.165, 1.54) is 47.2 Å². The Bertz CT molecular complexity index is 4640. The highest BCUT2D eigenvalue weighted by atomic mass is 16.6. The lowest BCUT2D eigenvalue weighted by atomic mass is 9.73. The van der Waals surface area contributed by atoms with Gasteiger partial charge in [-0.05, 0) is 220 Å². The summed E-state index contributed by atoms with van der Waals surface area (Å²) in [6, 6.07) is 84.5. The number of benzene rings is 9. The number of rotatable bonds is 27. The second kappa shape index (κ2) is 49.5. The lowest BCUT2D eigenvalue weighted by Crippen LogP contribution is -2.24. The highest BCUT2D eigenvalue weighted by Gasteiger charge is 2.31. The van der Waals surface area contributed by atoms with Gasteiger partial charge < -0.3 is 40.4 Å². The second-order valence-corrected chi connectivity index (χ2v) is 31.4. The van der Waals surface area contributed by atoms with E-state index < -0.39 is 16.8 Å². The Labute approximate surface area is 695 Å². The number of aromatic hydroxyl groups is 1. The first kappa shape index (κ1) is 98.9. The lowest BCUT2D eigenvalue weighted by molar-refractivity contribution is -0.156. The predicted molar refractivity (Wildman–Crippen MR) is 471 cm³/mol. The maximum Gasteiger partial charge on any atom is 0.308 e. The smallest absolute Gasteiger partial charge is 0.308 e. The van der Waals surface area contributed by atoms with E-state index in [2.05, 4.69) is 138 Å². The van der Waals surface area contributed by atoms with Gasteiger partial charge in [0.2, 0.25) is 0 Å². The van der Waals surface area contributed by atoms with Gasteiger partial charge in [0.1, 0.15) is 34.1 Å². The van der Waals surface area contributed by atoms with Gasteiger partial charge in [-0.25, -0.2) is 0 Å². The van der Waals surface area contributed by atoms with Crippen molar-refractivity contribution >= 4 is 48.1 Å². The minimum Gasteiger partial charge on any atom is -0.508 e. The van der Waals surface area contributed by atoms with Crippen molar-refractivity contribution in [1.82, 2.24) is 6.15 Å². The third-order valence-corrected chi connectivity index (χ3v) is 19.0. The molecule has 0 amide bonds. The van der Waals surface area contributed by atoms with Gasteiger partial charge in [0.25, 0.3) is 0 Å². The Hall–Kier alpha value is -12.3. The number of nitriles is 3. The van der Waals surface area contributed by atoms with E-state index in [0.29, 0.717) is 30.8 Å². The molecule has 0 aliphatic carbocycles. The summed E-state index contributed by atoms with van der Waals surface area (Å²) < 4.78 is 26.1. The second-order valence-electron chi connectivity index (χ2n) is 31.4. The number of phenolic OH excluding ortho intramolecular Hbond substituents is 1. The molecule has 0 aromatic heterocycles. The zero-order valence-electron chi connectivity index (χ0n) is 70.9. The molecule has 16 nitrogen and oxygen atoms in total. The standard InChI is InChI=1S/C34H39NO4.C32H37NO3.C17H21NO2.C10H10O2.C8H8.H3N.H2O/c1-23(26-12-14-28(15-13-26)30(22-35)18-21-32(37)39-34(4,5)6)33(29-10-8-7-9-11-29)24(2)27-16-19-31(20-17-27)38-25(3)36;1-22(31(27-9-7-6-8-10-27)23(2)25-15-18-29(34)19-16-25)24-11-13-26(14-12-24)28(21-33)17-20-30(35)36-32(3,4)5;1-5-13-6-8-14(9-7-13)15(12-18)10-11-16(19)20-17(2,3)4;1-3-9-4-6-10(7-5-9)12-8(2)11;1-2-8-6-4-3-5-7-8;;/h7-17,19-20,23-24,30,33H,18,21H2,1-6H3;6-16,18-19,22-23,28,31,34H,17,20H2,1-5H3;5-9,15H,1,10-11H2,2-4H3;3-7H,1H2,2H3;2-7H,1H2;1H3;1H2.